The van der Waals surface area contributed by atoms with Crippen LogP contribution < -0.4 is 9.03 Å². The van der Waals surface area contributed by atoms with Crippen molar-refractivity contribution in [1.82, 2.24) is 0 Å². The van der Waals surface area contributed by atoms with E-state index >= 15 is 0 Å². The molecule has 0 aromatic heterocycles. The summed E-state index contributed by atoms with van der Waals surface area (Å²) >= 11 is 11.7. The highest BCUT2D eigenvalue weighted by Gasteiger charge is 2.31. The quantitative estimate of drug-likeness (QED) is 0.578. The molecule has 4 rings (SSSR count). The van der Waals surface area contributed by atoms with Gasteiger partial charge in [0.05, 0.1) is 21.2 Å². The minimum atomic E-state index is -3.85. The molecule has 0 spiro atoms. The highest BCUT2D eigenvalue weighted by atomic mass is 35.5. The molecule has 0 radical (unpaired) electrons. The van der Waals surface area contributed by atoms with Gasteiger partial charge in [0.15, 0.2) is 0 Å². The molecule has 0 fully saturated rings. The molecule has 0 unspecified atom stereocenters. The van der Waals surface area contributed by atoms with Gasteiger partial charge in [-0.25, -0.2) is 16.8 Å². The lowest BCUT2D eigenvalue weighted by molar-refractivity contribution is 0.592. The summed E-state index contributed by atoms with van der Waals surface area (Å²) in [5.41, 5.74) is 1.53. The van der Waals surface area contributed by atoms with Gasteiger partial charge in [-0.1, -0.05) is 29.3 Å². The molecule has 6 nitrogen and oxygen atoms in total. The molecule has 3 aromatic carbocycles. The Labute approximate surface area is 185 Å². The monoisotopic (exact) mass is 482 g/mol. The highest BCUT2D eigenvalue weighted by Crippen LogP contribution is 2.35. The summed E-state index contributed by atoms with van der Waals surface area (Å²) in [5.74, 6) is 0. The van der Waals surface area contributed by atoms with Crippen molar-refractivity contribution in [1.29, 1.82) is 0 Å². The number of anilines is 2. The van der Waals surface area contributed by atoms with Crippen molar-refractivity contribution in [3.63, 3.8) is 0 Å². The zero-order chi connectivity index (χ0) is 21.5. The summed E-state index contributed by atoms with van der Waals surface area (Å²) in [6.07, 6.45) is 0.534. The molecule has 1 N–H and O–H groups in total. The fourth-order valence-corrected chi connectivity index (χ4v) is 6.02. The zero-order valence-electron chi connectivity index (χ0n) is 15.4. The van der Waals surface area contributed by atoms with Gasteiger partial charge in [0.25, 0.3) is 20.0 Å². The van der Waals surface area contributed by atoms with Crippen LogP contribution in [0.3, 0.4) is 0 Å². The number of rotatable bonds is 5. The molecule has 0 aliphatic carbocycles. The van der Waals surface area contributed by atoms with E-state index in [1.165, 1.54) is 58.9 Å². The van der Waals surface area contributed by atoms with Crippen molar-refractivity contribution in [3.8, 4) is 0 Å². The fraction of sp³-hybridized carbons (Fsp3) is 0.100. The summed E-state index contributed by atoms with van der Waals surface area (Å²) in [4.78, 5) is 0.171. The van der Waals surface area contributed by atoms with Crippen molar-refractivity contribution in [2.75, 3.05) is 15.6 Å². The Bertz CT molecular complexity index is 1310. The van der Waals surface area contributed by atoms with Crippen LogP contribution in [0, 0.1) is 0 Å². The Morgan fingerprint density at radius 3 is 1.93 bits per heavy atom. The van der Waals surface area contributed by atoms with Gasteiger partial charge in [-0.2, -0.15) is 0 Å². The van der Waals surface area contributed by atoms with Gasteiger partial charge in [-0.05, 0) is 72.6 Å². The number of hydrogen-bond donors (Lipinski definition) is 1. The van der Waals surface area contributed by atoms with Crippen molar-refractivity contribution in [2.45, 2.75) is 16.2 Å². The molecule has 0 atom stereocenters. The second-order valence-corrected chi connectivity index (χ2v) is 11.1. The fourth-order valence-electron chi connectivity index (χ4n) is 3.22. The number of fused-ring (bicyclic) bond motifs is 1. The third kappa shape index (κ3) is 4.00. The van der Waals surface area contributed by atoms with E-state index in [9.17, 15) is 16.8 Å². The van der Waals surface area contributed by atoms with E-state index in [1.807, 2.05) is 0 Å². The minimum absolute atomic E-state index is 0.0537. The Balaban J connectivity index is 1.66. The van der Waals surface area contributed by atoms with Gasteiger partial charge < -0.3 is 0 Å². The number of benzene rings is 3. The zero-order valence-corrected chi connectivity index (χ0v) is 18.6. The van der Waals surface area contributed by atoms with Crippen molar-refractivity contribution in [2.24, 2.45) is 0 Å². The van der Waals surface area contributed by atoms with Gasteiger partial charge >= 0.3 is 0 Å². The largest absolute Gasteiger partial charge is 0.280 e. The van der Waals surface area contributed by atoms with E-state index in [1.54, 1.807) is 12.1 Å². The number of hydrogen-bond acceptors (Lipinski definition) is 4. The molecule has 1 heterocycles. The second-order valence-electron chi connectivity index (χ2n) is 6.68. The minimum Gasteiger partial charge on any atom is -0.280 e. The Morgan fingerprint density at radius 2 is 1.33 bits per heavy atom. The Hall–Kier alpha value is -2.26. The summed E-state index contributed by atoms with van der Waals surface area (Å²) in [7, 11) is -7.65. The topological polar surface area (TPSA) is 83.6 Å². The first-order valence-corrected chi connectivity index (χ1v) is 12.5. The lowest BCUT2D eigenvalue weighted by atomic mass is 10.1. The first-order valence-electron chi connectivity index (χ1n) is 8.86. The SMILES string of the molecule is O=S(=O)(Nc1ccc2c(c1)N(S(=O)(=O)c1ccc(Cl)cc1)CC2)c1ccc(Cl)cc1. The van der Waals surface area contributed by atoms with Crippen LogP contribution in [0.2, 0.25) is 10.0 Å². The van der Waals surface area contributed by atoms with E-state index in [4.69, 9.17) is 23.2 Å². The van der Waals surface area contributed by atoms with Gasteiger partial charge in [-0.15, -0.1) is 0 Å². The first kappa shape index (κ1) is 21.0. The maximum atomic E-state index is 13.1. The van der Waals surface area contributed by atoms with Gasteiger partial charge in [-0.3, -0.25) is 9.03 Å². The summed E-state index contributed by atoms with van der Waals surface area (Å²) in [6.45, 7) is 0.272. The van der Waals surface area contributed by atoms with Crippen LogP contribution in [0.25, 0.3) is 0 Å². The van der Waals surface area contributed by atoms with Crippen LogP contribution in [-0.4, -0.2) is 23.4 Å². The Morgan fingerprint density at radius 1 is 0.767 bits per heavy atom. The molecular formula is C20H16Cl2N2O4S2. The number of halogens is 2. The smallest absolute Gasteiger partial charge is 0.264 e. The van der Waals surface area contributed by atoms with Crippen LogP contribution >= 0.6 is 23.2 Å². The molecule has 0 saturated heterocycles. The van der Waals surface area contributed by atoms with Gasteiger partial charge in [0.1, 0.15) is 0 Å². The lowest BCUT2D eigenvalue weighted by Gasteiger charge is -2.20. The van der Waals surface area contributed by atoms with Crippen molar-refractivity contribution >= 4 is 54.6 Å². The maximum Gasteiger partial charge on any atom is 0.264 e. The summed E-state index contributed by atoms with van der Waals surface area (Å²) in [6, 6.07) is 16.6. The third-order valence-electron chi connectivity index (χ3n) is 4.72. The van der Waals surface area contributed by atoms with E-state index < -0.39 is 20.0 Å². The number of nitrogens with zero attached hydrogens (tertiary/aromatic N) is 1. The van der Waals surface area contributed by atoms with Crippen molar-refractivity contribution < 1.29 is 16.8 Å². The number of nitrogens with one attached hydrogen (secondary N) is 1. The van der Waals surface area contributed by atoms with Gasteiger partial charge in [0, 0.05) is 16.6 Å². The molecule has 0 saturated carbocycles. The molecule has 1 aliphatic heterocycles. The molecular weight excluding hydrogens is 467 g/mol. The molecule has 1 aliphatic rings. The lowest BCUT2D eigenvalue weighted by Crippen LogP contribution is -2.29. The van der Waals surface area contributed by atoms with E-state index in [2.05, 4.69) is 4.72 Å². The molecule has 0 amide bonds. The third-order valence-corrected chi connectivity index (χ3v) is 8.44. The van der Waals surface area contributed by atoms with Crippen LogP contribution in [0.5, 0.6) is 0 Å². The second kappa shape index (κ2) is 7.77. The van der Waals surface area contributed by atoms with E-state index in [0.717, 1.165) is 5.56 Å². The van der Waals surface area contributed by atoms with Crippen LogP contribution in [-0.2, 0) is 26.5 Å². The normalized spacial score (nSPS) is 13.9. The first-order chi connectivity index (χ1) is 14.2. The molecule has 3 aromatic rings. The maximum absolute atomic E-state index is 13.1. The molecule has 0 bridgehead atoms. The molecule has 30 heavy (non-hydrogen) atoms. The average molecular weight is 483 g/mol. The van der Waals surface area contributed by atoms with E-state index in [-0.39, 0.29) is 22.0 Å². The molecule has 10 heteroatoms. The molecule has 156 valence electrons. The van der Waals surface area contributed by atoms with Crippen LogP contribution in [0.4, 0.5) is 11.4 Å². The van der Waals surface area contributed by atoms with Crippen molar-refractivity contribution in [3.05, 3.63) is 82.3 Å². The average Bonchev–Trinajstić information content (AvgIpc) is 3.12. The summed E-state index contributed by atoms with van der Waals surface area (Å²) in [5, 5.41) is 0.865. The standard InChI is InChI=1S/C20H16Cl2N2O4S2/c21-15-2-7-18(8-3-15)29(25,26)23-17-6-1-14-11-12-24(20(14)13-17)30(27,28)19-9-4-16(22)5-10-19/h1-10,13,23H,11-12H2. The summed E-state index contributed by atoms with van der Waals surface area (Å²) < 4.78 is 55.2. The van der Waals surface area contributed by atoms with E-state index in [0.29, 0.717) is 22.2 Å². The predicted molar refractivity (Wildman–Crippen MR) is 118 cm³/mol. The van der Waals surface area contributed by atoms with Gasteiger partial charge in [0.2, 0.25) is 0 Å². The highest BCUT2D eigenvalue weighted by molar-refractivity contribution is 7.93. The predicted octanol–water partition coefficient (Wildman–Crippen LogP) is 4.55. The van der Waals surface area contributed by atoms with Crippen LogP contribution in [0.15, 0.2) is 76.5 Å². The Kier molecular flexibility index (Phi) is 5.44. The number of sulfonamides is 2. The van der Waals surface area contributed by atoms with Crippen LogP contribution in [0.1, 0.15) is 5.56 Å².